The van der Waals surface area contributed by atoms with Crippen LogP contribution >= 0.6 is 0 Å². The first-order valence-corrected chi connectivity index (χ1v) is 8.82. The van der Waals surface area contributed by atoms with E-state index in [-0.39, 0.29) is 17.8 Å². The lowest BCUT2D eigenvalue weighted by molar-refractivity contribution is -0.141. The topological polar surface area (TPSA) is 71.5 Å². The maximum absolute atomic E-state index is 12.8. The second-order valence-electron chi connectivity index (χ2n) is 7.95. The fourth-order valence-corrected chi connectivity index (χ4v) is 3.77. The zero-order chi connectivity index (χ0) is 20.0. The molecule has 2 fully saturated rings. The molecule has 1 saturated heterocycles. The van der Waals surface area contributed by atoms with E-state index >= 15 is 0 Å². The van der Waals surface area contributed by atoms with Crippen LogP contribution in [-0.2, 0) is 15.7 Å². The molecule has 2 bridgehead atoms. The number of rotatable bonds is 2. The Hall–Kier alpha value is -2.32. The summed E-state index contributed by atoms with van der Waals surface area (Å²) in [5.74, 6) is -0.769. The molecule has 2 amide bonds. The number of anilines is 1. The molecule has 0 spiro atoms. The average molecular weight is 385 g/mol. The lowest BCUT2D eigenvalue weighted by Gasteiger charge is -2.35. The molecule has 0 radical (unpaired) electrons. The molecule has 2 aliphatic rings. The average Bonchev–Trinajstić information content (AvgIpc) is 3.13. The van der Waals surface area contributed by atoms with Crippen molar-refractivity contribution >= 4 is 17.8 Å². The largest absolute Gasteiger partial charge is 0.444 e. The van der Waals surface area contributed by atoms with Crippen molar-refractivity contribution in [3.8, 4) is 0 Å². The number of fused-ring (bicyclic) bond motifs is 2. The van der Waals surface area contributed by atoms with E-state index < -0.39 is 35.5 Å². The lowest BCUT2D eigenvalue weighted by atomic mass is 9.98. The van der Waals surface area contributed by atoms with E-state index in [4.69, 9.17) is 4.74 Å². The number of aromatic nitrogens is 1. The molecule has 1 aliphatic carbocycles. The third-order valence-electron chi connectivity index (χ3n) is 4.75. The highest BCUT2D eigenvalue weighted by Crippen LogP contribution is 2.43. The Labute approximate surface area is 155 Å². The number of piperidine rings is 1. The number of halogens is 3. The molecule has 1 aromatic heterocycles. The third-order valence-corrected chi connectivity index (χ3v) is 4.75. The molecular weight excluding hydrogens is 363 g/mol. The molecule has 3 rings (SSSR count). The van der Waals surface area contributed by atoms with E-state index in [0.29, 0.717) is 6.42 Å². The van der Waals surface area contributed by atoms with Gasteiger partial charge in [0.25, 0.3) is 0 Å². The molecular formula is C18H22F3N3O3. The van der Waals surface area contributed by atoms with Crippen LogP contribution in [0.4, 0.5) is 23.8 Å². The predicted molar refractivity (Wildman–Crippen MR) is 90.9 cm³/mol. The highest BCUT2D eigenvalue weighted by molar-refractivity contribution is 5.96. The van der Waals surface area contributed by atoms with Crippen molar-refractivity contribution in [2.24, 2.45) is 5.92 Å². The van der Waals surface area contributed by atoms with Gasteiger partial charge in [-0.25, -0.2) is 9.78 Å². The van der Waals surface area contributed by atoms with Gasteiger partial charge in [0.05, 0.1) is 0 Å². The summed E-state index contributed by atoms with van der Waals surface area (Å²) in [6, 6.07) is 2.45. The third kappa shape index (κ3) is 4.17. The van der Waals surface area contributed by atoms with Crippen molar-refractivity contribution in [1.82, 2.24) is 9.88 Å². The van der Waals surface area contributed by atoms with Crippen LogP contribution < -0.4 is 5.32 Å². The van der Waals surface area contributed by atoms with Gasteiger partial charge < -0.3 is 10.1 Å². The summed E-state index contributed by atoms with van der Waals surface area (Å²) in [6.07, 6.45) is -2.91. The summed E-state index contributed by atoms with van der Waals surface area (Å²) in [4.78, 5) is 30.2. The SMILES string of the molecule is CC(C)(C)OC(=O)N1[C@@H]2CC[C@@H](C2)[C@H]1C(=O)Nc1cccc(C(F)(F)F)n1. The summed E-state index contributed by atoms with van der Waals surface area (Å²) < 4.78 is 43.8. The summed E-state index contributed by atoms with van der Waals surface area (Å²) in [6.45, 7) is 5.21. The highest BCUT2D eigenvalue weighted by Gasteiger charge is 2.52. The Morgan fingerprint density at radius 3 is 2.56 bits per heavy atom. The summed E-state index contributed by atoms with van der Waals surface area (Å²) in [7, 11) is 0. The molecule has 1 aliphatic heterocycles. The smallest absolute Gasteiger partial charge is 0.433 e. The Balaban J connectivity index is 1.78. The minimum atomic E-state index is -4.60. The van der Waals surface area contributed by atoms with Gasteiger partial charge in [-0.15, -0.1) is 0 Å². The quantitative estimate of drug-likeness (QED) is 0.840. The molecule has 148 valence electrons. The van der Waals surface area contributed by atoms with Gasteiger partial charge in [0, 0.05) is 6.04 Å². The van der Waals surface area contributed by atoms with E-state index in [1.807, 2.05) is 0 Å². The van der Waals surface area contributed by atoms with Crippen molar-refractivity contribution in [3.05, 3.63) is 23.9 Å². The van der Waals surface area contributed by atoms with Crippen LogP contribution in [0.1, 0.15) is 45.7 Å². The van der Waals surface area contributed by atoms with Gasteiger partial charge in [0.2, 0.25) is 5.91 Å². The van der Waals surface area contributed by atoms with Crippen molar-refractivity contribution in [3.63, 3.8) is 0 Å². The lowest BCUT2D eigenvalue weighted by Crippen LogP contribution is -2.52. The normalized spacial score (nSPS) is 24.8. The van der Waals surface area contributed by atoms with E-state index in [1.54, 1.807) is 20.8 Å². The van der Waals surface area contributed by atoms with Gasteiger partial charge in [-0.05, 0) is 58.1 Å². The number of hydrogen-bond donors (Lipinski definition) is 1. The van der Waals surface area contributed by atoms with E-state index in [1.165, 1.54) is 17.0 Å². The summed E-state index contributed by atoms with van der Waals surface area (Å²) in [5.41, 5.74) is -1.79. The fourth-order valence-electron chi connectivity index (χ4n) is 3.77. The van der Waals surface area contributed by atoms with Crippen molar-refractivity contribution in [2.45, 2.75) is 63.9 Å². The van der Waals surface area contributed by atoms with Crippen molar-refractivity contribution in [1.29, 1.82) is 0 Å². The van der Waals surface area contributed by atoms with Gasteiger partial charge in [0.15, 0.2) is 0 Å². The molecule has 0 unspecified atom stereocenters. The Morgan fingerprint density at radius 1 is 1.22 bits per heavy atom. The van der Waals surface area contributed by atoms with Crippen LogP contribution in [0.5, 0.6) is 0 Å². The van der Waals surface area contributed by atoms with Crippen LogP contribution in [0.25, 0.3) is 0 Å². The molecule has 27 heavy (non-hydrogen) atoms. The number of hydrogen-bond acceptors (Lipinski definition) is 4. The molecule has 9 heteroatoms. The van der Waals surface area contributed by atoms with Gasteiger partial charge in [0.1, 0.15) is 23.2 Å². The number of nitrogens with zero attached hydrogens (tertiary/aromatic N) is 2. The Kier molecular flexibility index (Phi) is 4.81. The molecule has 1 N–H and O–H groups in total. The van der Waals surface area contributed by atoms with E-state index in [2.05, 4.69) is 10.3 Å². The van der Waals surface area contributed by atoms with E-state index in [0.717, 1.165) is 18.9 Å². The van der Waals surface area contributed by atoms with Gasteiger partial charge in [-0.2, -0.15) is 13.2 Å². The maximum Gasteiger partial charge on any atom is 0.433 e. The minimum Gasteiger partial charge on any atom is -0.444 e. The van der Waals surface area contributed by atoms with Crippen LogP contribution in [-0.4, -0.2) is 39.6 Å². The molecule has 0 aromatic carbocycles. The highest BCUT2D eigenvalue weighted by atomic mass is 19.4. The molecule has 2 heterocycles. The van der Waals surface area contributed by atoms with Crippen LogP contribution in [0.2, 0.25) is 0 Å². The first kappa shape index (κ1) is 19.4. The molecule has 3 atom stereocenters. The van der Waals surface area contributed by atoms with Crippen molar-refractivity contribution in [2.75, 3.05) is 5.32 Å². The maximum atomic E-state index is 12.8. The summed E-state index contributed by atoms with van der Waals surface area (Å²) in [5, 5.41) is 2.43. The molecule has 1 saturated carbocycles. The monoisotopic (exact) mass is 385 g/mol. The second-order valence-corrected chi connectivity index (χ2v) is 7.95. The number of likely N-dealkylation sites (tertiary alicyclic amines) is 1. The molecule has 6 nitrogen and oxygen atoms in total. The minimum absolute atomic E-state index is 0.0340. The van der Waals surface area contributed by atoms with Gasteiger partial charge in [-0.3, -0.25) is 9.69 Å². The number of ether oxygens (including phenoxy) is 1. The first-order valence-electron chi connectivity index (χ1n) is 8.82. The Bertz CT molecular complexity index is 745. The van der Waals surface area contributed by atoms with Gasteiger partial charge >= 0.3 is 12.3 Å². The van der Waals surface area contributed by atoms with Crippen LogP contribution in [0.15, 0.2) is 18.2 Å². The zero-order valence-corrected chi connectivity index (χ0v) is 15.3. The number of nitrogens with one attached hydrogen (secondary N) is 1. The number of carbonyl (C=O) groups excluding carboxylic acids is 2. The number of amides is 2. The zero-order valence-electron chi connectivity index (χ0n) is 15.3. The number of carbonyl (C=O) groups is 2. The molecule has 1 aromatic rings. The predicted octanol–water partition coefficient (Wildman–Crippen LogP) is 3.83. The fraction of sp³-hybridized carbons (Fsp3) is 0.611. The number of pyridine rings is 1. The first-order chi connectivity index (χ1) is 12.5. The van der Waals surface area contributed by atoms with Crippen LogP contribution in [0, 0.1) is 5.92 Å². The second kappa shape index (κ2) is 6.69. The van der Waals surface area contributed by atoms with Gasteiger partial charge in [-0.1, -0.05) is 6.07 Å². The van der Waals surface area contributed by atoms with Crippen molar-refractivity contribution < 1.29 is 27.5 Å². The van der Waals surface area contributed by atoms with E-state index in [9.17, 15) is 22.8 Å². The summed E-state index contributed by atoms with van der Waals surface area (Å²) >= 11 is 0. The Morgan fingerprint density at radius 2 is 1.93 bits per heavy atom. The standard InChI is InChI=1S/C18H22F3N3O3/c1-17(2,3)27-16(26)24-11-8-7-10(9-11)14(24)15(25)23-13-6-4-5-12(22-13)18(19,20)21/h4-6,10-11,14H,7-9H2,1-3H3,(H,22,23,25)/t10-,11+,14-/m0/s1. The number of alkyl halides is 3. The van der Waals surface area contributed by atoms with Crippen LogP contribution in [0.3, 0.4) is 0 Å².